The number of aryl methyl sites for hydroxylation is 2. The van der Waals surface area contributed by atoms with Crippen molar-refractivity contribution >= 4 is 0 Å². The van der Waals surface area contributed by atoms with Crippen LogP contribution in [0.5, 0.6) is 0 Å². The maximum Gasteiger partial charge on any atom is 0.254 e. The fourth-order valence-corrected chi connectivity index (χ4v) is 3.14. The van der Waals surface area contributed by atoms with Gasteiger partial charge in [0, 0.05) is 30.6 Å². The van der Waals surface area contributed by atoms with Gasteiger partial charge in [-0.2, -0.15) is 0 Å². The summed E-state index contributed by atoms with van der Waals surface area (Å²) < 4.78 is 0. The molecule has 1 aromatic heterocycles. The molecule has 0 spiro atoms. The predicted octanol–water partition coefficient (Wildman–Crippen LogP) is 3.24. The Hall–Kier alpha value is -1.94. The predicted molar refractivity (Wildman–Crippen MR) is 97.3 cm³/mol. The van der Waals surface area contributed by atoms with Crippen LogP contribution in [0.2, 0.25) is 0 Å². The molecule has 0 bridgehead atoms. The van der Waals surface area contributed by atoms with Crippen molar-refractivity contribution in [1.82, 2.24) is 14.9 Å². The Balaban J connectivity index is 1.84. The molecule has 1 aliphatic heterocycles. The Morgan fingerprint density at radius 2 is 1.96 bits per heavy atom. The van der Waals surface area contributed by atoms with E-state index in [9.17, 15) is 4.79 Å². The van der Waals surface area contributed by atoms with Gasteiger partial charge in [-0.3, -0.25) is 9.69 Å². The van der Waals surface area contributed by atoms with Crippen molar-refractivity contribution in [3.63, 3.8) is 0 Å². The molecule has 0 fully saturated rings. The molecule has 2 heterocycles. The van der Waals surface area contributed by atoms with Crippen LogP contribution in [0.3, 0.4) is 0 Å². The molecular weight excluding hydrogens is 298 g/mol. The number of nitrogens with one attached hydrogen (secondary N) is 1. The molecule has 2 aromatic rings. The zero-order valence-electron chi connectivity index (χ0n) is 15.4. The summed E-state index contributed by atoms with van der Waals surface area (Å²) in [5.74, 6) is 0.777. The van der Waals surface area contributed by atoms with Gasteiger partial charge in [-0.05, 0) is 37.0 Å². The Morgan fingerprint density at radius 3 is 2.62 bits per heavy atom. The SMILES string of the molecule is Cc1ccc(CN2CCc3c(nc(C(C)(C)C)[nH]c3=O)C2)cc1C. The summed E-state index contributed by atoms with van der Waals surface area (Å²) in [6.45, 7) is 13.1. The zero-order valence-corrected chi connectivity index (χ0v) is 15.4. The topological polar surface area (TPSA) is 49.0 Å². The van der Waals surface area contributed by atoms with Gasteiger partial charge in [0.05, 0.1) is 5.69 Å². The first kappa shape index (κ1) is 16.9. The Morgan fingerprint density at radius 1 is 1.21 bits per heavy atom. The number of hydrogen-bond acceptors (Lipinski definition) is 3. The van der Waals surface area contributed by atoms with E-state index in [0.717, 1.165) is 43.1 Å². The number of H-pyrrole nitrogens is 1. The lowest BCUT2D eigenvalue weighted by atomic mass is 9.95. The highest BCUT2D eigenvalue weighted by Gasteiger charge is 2.24. The van der Waals surface area contributed by atoms with Crippen LogP contribution in [-0.4, -0.2) is 21.4 Å². The number of nitrogens with zero attached hydrogens (tertiary/aromatic N) is 2. The summed E-state index contributed by atoms with van der Waals surface area (Å²) in [4.78, 5) is 22.5. The summed E-state index contributed by atoms with van der Waals surface area (Å²) in [7, 11) is 0. The number of aromatic nitrogens is 2. The van der Waals surface area contributed by atoms with E-state index >= 15 is 0 Å². The van der Waals surface area contributed by atoms with Crippen LogP contribution in [0.1, 0.15) is 54.5 Å². The van der Waals surface area contributed by atoms with Crippen LogP contribution >= 0.6 is 0 Å². The largest absolute Gasteiger partial charge is 0.310 e. The molecule has 1 aliphatic rings. The highest BCUT2D eigenvalue weighted by Crippen LogP contribution is 2.22. The van der Waals surface area contributed by atoms with Gasteiger partial charge in [-0.25, -0.2) is 4.98 Å². The van der Waals surface area contributed by atoms with Gasteiger partial charge < -0.3 is 4.98 Å². The van der Waals surface area contributed by atoms with Crippen molar-refractivity contribution in [2.24, 2.45) is 0 Å². The molecule has 3 rings (SSSR count). The van der Waals surface area contributed by atoms with E-state index in [2.05, 4.69) is 62.7 Å². The second-order valence-electron chi connectivity index (χ2n) is 7.97. The third kappa shape index (κ3) is 3.44. The normalized spacial score (nSPS) is 15.4. The Kier molecular flexibility index (Phi) is 4.35. The highest BCUT2D eigenvalue weighted by molar-refractivity contribution is 5.30. The maximum absolute atomic E-state index is 12.4. The molecule has 128 valence electrons. The van der Waals surface area contributed by atoms with Crippen LogP contribution < -0.4 is 5.56 Å². The summed E-state index contributed by atoms with van der Waals surface area (Å²) in [6, 6.07) is 6.64. The molecule has 1 aromatic carbocycles. The summed E-state index contributed by atoms with van der Waals surface area (Å²) in [6.07, 6.45) is 0.771. The molecule has 0 radical (unpaired) electrons. The monoisotopic (exact) mass is 325 g/mol. The minimum Gasteiger partial charge on any atom is -0.310 e. The van der Waals surface area contributed by atoms with Crippen molar-refractivity contribution in [3.05, 3.63) is 62.3 Å². The van der Waals surface area contributed by atoms with E-state index < -0.39 is 0 Å². The van der Waals surface area contributed by atoms with Crippen molar-refractivity contribution in [1.29, 1.82) is 0 Å². The van der Waals surface area contributed by atoms with Crippen LogP contribution in [0.25, 0.3) is 0 Å². The second-order valence-corrected chi connectivity index (χ2v) is 7.97. The van der Waals surface area contributed by atoms with Gasteiger partial charge in [0.15, 0.2) is 0 Å². The van der Waals surface area contributed by atoms with Crippen LogP contribution in [-0.2, 0) is 24.9 Å². The molecule has 4 nitrogen and oxygen atoms in total. The maximum atomic E-state index is 12.4. The minimum absolute atomic E-state index is 0.0377. The molecular formula is C20H27N3O. The number of benzene rings is 1. The number of rotatable bonds is 2. The lowest BCUT2D eigenvalue weighted by molar-refractivity contribution is 0.239. The molecule has 1 N–H and O–H groups in total. The lowest BCUT2D eigenvalue weighted by Gasteiger charge is -2.29. The van der Waals surface area contributed by atoms with E-state index in [1.807, 2.05) is 0 Å². The average molecular weight is 325 g/mol. The van der Waals surface area contributed by atoms with Crippen LogP contribution in [0, 0.1) is 13.8 Å². The van der Waals surface area contributed by atoms with Gasteiger partial charge >= 0.3 is 0 Å². The molecule has 0 atom stereocenters. The van der Waals surface area contributed by atoms with Crippen molar-refractivity contribution in [3.8, 4) is 0 Å². The van der Waals surface area contributed by atoms with Gasteiger partial charge in [-0.1, -0.05) is 39.0 Å². The summed E-state index contributed by atoms with van der Waals surface area (Å²) in [5, 5.41) is 0. The van der Waals surface area contributed by atoms with E-state index in [-0.39, 0.29) is 11.0 Å². The zero-order chi connectivity index (χ0) is 17.5. The van der Waals surface area contributed by atoms with E-state index in [0.29, 0.717) is 0 Å². The molecule has 0 aliphatic carbocycles. The van der Waals surface area contributed by atoms with Crippen molar-refractivity contribution in [2.45, 2.75) is 59.5 Å². The van der Waals surface area contributed by atoms with Crippen LogP contribution in [0.15, 0.2) is 23.0 Å². The first-order valence-electron chi connectivity index (χ1n) is 8.65. The fraction of sp³-hybridized carbons (Fsp3) is 0.500. The number of fused-ring (bicyclic) bond motifs is 1. The van der Waals surface area contributed by atoms with Gasteiger partial charge in [0.2, 0.25) is 0 Å². The first-order chi connectivity index (χ1) is 11.2. The number of aromatic amines is 1. The number of hydrogen-bond donors (Lipinski definition) is 1. The molecule has 0 unspecified atom stereocenters. The van der Waals surface area contributed by atoms with Gasteiger partial charge in [0.1, 0.15) is 5.82 Å². The Bertz CT molecular complexity index is 815. The summed E-state index contributed by atoms with van der Waals surface area (Å²) in [5.41, 5.74) is 5.67. The van der Waals surface area contributed by atoms with E-state index in [4.69, 9.17) is 4.98 Å². The first-order valence-corrected chi connectivity index (χ1v) is 8.65. The third-order valence-corrected chi connectivity index (χ3v) is 4.84. The molecule has 0 saturated carbocycles. The quantitative estimate of drug-likeness (QED) is 0.922. The smallest absolute Gasteiger partial charge is 0.254 e. The van der Waals surface area contributed by atoms with Crippen LogP contribution in [0.4, 0.5) is 0 Å². The molecule has 4 heteroatoms. The molecule has 0 saturated heterocycles. The van der Waals surface area contributed by atoms with E-state index in [1.54, 1.807) is 0 Å². The van der Waals surface area contributed by atoms with E-state index in [1.165, 1.54) is 16.7 Å². The molecule has 24 heavy (non-hydrogen) atoms. The molecule has 0 amide bonds. The van der Waals surface area contributed by atoms with Crippen molar-refractivity contribution < 1.29 is 0 Å². The van der Waals surface area contributed by atoms with Gasteiger partial charge in [0.25, 0.3) is 5.56 Å². The average Bonchev–Trinajstić information content (AvgIpc) is 2.50. The van der Waals surface area contributed by atoms with Gasteiger partial charge in [-0.15, -0.1) is 0 Å². The fourth-order valence-electron chi connectivity index (χ4n) is 3.14. The lowest BCUT2D eigenvalue weighted by Crippen LogP contribution is -2.36. The highest BCUT2D eigenvalue weighted by atomic mass is 16.1. The Labute approximate surface area is 143 Å². The standard InChI is InChI=1S/C20H27N3O/c1-13-6-7-15(10-14(13)2)11-23-9-8-16-17(12-23)21-19(20(3,4)5)22-18(16)24/h6-7,10H,8-9,11-12H2,1-5H3,(H,21,22,24). The summed E-state index contributed by atoms with van der Waals surface area (Å²) >= 11 is 0. The minimum atomic E-state index is -0.148. The third-order valence-electron chi connectivity index (χ3n) is 4.84. The second kappa shape index (κ2) is 6.17. The van der Waals surface area contributed by atoms with Crippen molar-refractivity contribution in [2.75, 3.05) is 6.54 Å².